The van der Waals surface area contributed by atoms with Crippen LogP contribution >= 0.6 is 0 Å². The molecule has 0 aliphatic carbocycles. The van der Waals surface area contributed by atoms with Gasteiger partial charge in [0.1, 0.15) is 18.5 Å². The highest BCUT2D eigenvalue weighted by atomic mass is 16.5. The Morgan fingerprint density at radius 3 is 2.30 bits per heavy atom. The number of ether oxygens (including phenoxy) is 1. The number of benzene rings is 2. The summed E-state index contributed by atoms with van der Waals surface area (Å²) in [6.07, 6.45) is 2.93. The second-order valence-electron chi connectivity index (χ2n) is 6.65. The number of nitrogens with zero attached hydrogens (tertiary/aromatic N) is 2. The van der Waals surface area contributed by atoms with Crippen molar-refractivity contribution >= 4 is 12.0 Å². The number of carbonyl (C=O) groups excluding carboxylic acids is 1. The second kappa shape index (κ2) is 9.90. The van der Waals surface area contributed by atoms with Gasteiger partial charge in [-0.1, -0.05) is 48.5 Å². The minimum Gasteiger partial charge on any atom is -0.491 e. The number of hydrogen-bond acceptors (Lipinski definition) is 4. The van der Waals surface area contributed by atoms with Crippen molar-refractivity contribution in [2.75, 3.05) is 39.3 Å². The molecule has 1 N–H and O–H groups in total. The first-order chi connectivity index (χ1) is 13.2. The van der Waals surface area contributed by atoms with E-state index in [4.69, 9.17) is 4.74 Å². The number of rotatable bonds is 7. The van der Waals surface area contributed by atoms with Gasteiger partial charge in [0.2, 0.25) is 5.91 Å². The van der Waals surface area contributed by atoms with E-state index in [9.17, 15) is 9.90 Å². The summed E-state index contributed by atoms with van der Waals surface area (Å²) in [5.41, 5.74) is 1.02. The molecule has 0 radical (unpaired) electrons. The van der Waals surface area contributed by atoms with Gasteiger partial charge < -0.3 is 14.7 Å². The molecule has 1 aliphatic rings. The SMILES string of the molecule is O=C(/C=C/c1ccccc1)N1CCN(C[C@@H](O)COc2ccccc2)CC1. The lowest BCUT2D eigenvalue weighted by Gasteiger charge is -2.35. The molecule has 3 rings (SSSR count). The maximum atomic E-state index is 12.3. The van der Waals surface area contributed by atoms with Gasteiger partial charge in [0.05, 0.1) is 0 Å². The molecule has 0 spiro atoms. The molecule has 27 heavy (non-hydrogen) atoms. The Balaban J connectivity index is 1.38. The fourth-order valence-corrected chi connectivity index (χ4v) is 3.05. The summed E-state index contributed by atoms with van der Waals surface area (Å²) < 4.78 is 5.59. The third-order valence-corrected chi connectivity index (χ3v) is 4.56. The molecular formula is C22H26N2O3. The minimum absolute atomic E-state index is 0.0338. The molecule has 1 saturated heterocycles. The van der Waals surface area contributed by atoms with E-state index in [1.165, 1.54) is 0 Å². The molecule has 5 heteroatoms. The van der Waals surface area contributed by atoms with Crippen molar-refractivity contribution in [1.82, 2.24) is 9.80 Å². The highest BCUT2D eigenvalue weighted by Crippen LogP contribution is 2.10. The minimum atomic E-state index is -0.551. The first-order valence-electron chi connectivity index (χ1n) is 9.31. The highest BCUT2D eigenvalue weighted by molar-refractivity contribution is 5.91. The van der Waals surface area contributed by atoms with E-state index >= 15 is 0 Å². The summed E-state index contributed by atoms with van der Waals surface area (Å²) in [5.74, 6) is 0.795. The van der Waals surface area contributed by atoms with E-state index < -0.39 is 6.10 Å². The third-order valence-electron chi connectivity index (χ3n) is 4.56. The number of amides is 1. The zero-order chi connectivity index (χ0) is 18.9. The third kappa shape index (κ3) is 6.24. The van der Waals surface area contributed by atoms with Crippen LogP contribution in [0.15, 0.2) is 66.7 Å². The molecule has 1 fully saturated rings. The van der Waals surface area contributed by atoms with Crippen molar-refractivity contribution in [3.05, 3.63) is 72.3 Å². The number of β-amino-alcohol motifs (C(OH)–C–C–N with tert-alkyl or cyclic N) is 1. The summed E-state index contributed by atoms with van der Waals surface area (Å²) >= 11 is 0. The number of carbonyl (C=O) groups is 1. The van der Waals surface area contributed by atoms with Crippen molar-refractivity contribution in [2.45, 2.75) is 6.10 Å². The Labute approximate surface area is 160 Å². The molecule has 0 bridgehead atoms. The van der Waals surface area contributed by atoms with E-state index in [-0.39, 0.29) is 12.5 Å². The lowest BCUT2D eigenvalue weighted by molar-refractivity contribution is -0.127. The Hall–Kier alpha value is -2.63. The van der Waals surface area contributed by atoms with Crippen LogP contribution in [0, 0.1) is 0 Å². The molecule has 5 nitrogen and oxygen atoms in total. The van der Waals surface area contributed by atoms with E-state index in [1.54, 1.807) is 6.08 Å². The van der Waals surface area contributed by atoms with Crippen LogP contribution in [0.1, 0.15) is 5.56 Å². The van der Waals surface area contributed by atoms with Crippen molar-refractivity contribution < 1.29 is 14.6 Å². The standard InChI is InChI=1S/C22H26N2O3/c25-20(18-27-21-9-5-2-6-10-21)17-23-13-15-24(16-14-23)22(26)12-11-19-7-3-1-4-8-19/h1-12,20,25H,13-18H2/b12-11+/t20-/m1/s1. The molecule has 0 aromatic heterocycles. The van der Waals surface area contributed by atoms with Crippen LogP contribution in [-0.4, -0.2) is 66.2 Å². The van der Waals surface area contributed by atoms with Crippen LogP contribution in [0.2, 0.25) is 0 Å². The number of hydrogen-bond donors (Lipinski definition) is 1. The Morgan fingerprint density at radius 1 is 1.00 bits per heavy atom. The normalized spacial score (nSPS) is 16.4. The van der Waals surface area contributed by atoms with Crippen LogP contribution < -0.4 is 4.74 Å². The molecule has 2 aromatic rings. The fraction of sp³-hybridized carbons (Fsp3) is 0.318. The number of aliphatic hydroxyl groups is 1. The average Bonchev–Trinajstić information content (AvgIpc) is 2.72. The molecular weight excluding hydrogens is 340 g/mol. The van der Waals surface area contributed by atoms with Crippen molar-refractivity contribution in [3.63, 3.8) is 0 Å². The maximum absolute atomic E-state index is 12.3. The molecule has 1 atom stereocenters. The van der Waals surface area contributed by atoms with Gasteiger partial charge in [-0.2, -0.15) is 0 Å². The van der Waals surface area contributed by atoms with Crippen molar-refractivity contribution in [2.24, 2.45) is 0 Å². The van der Waals surface area contributed by atoms with Gasteiger partial charge in [-0.3, -0.25) is 9.69 Å². The number of aliphatic hydroxyl groups excluding tert-OH is 1. The first kappa shape index (κ1) is 19.1. The molecule has 1 amide bonds. The van der Waals surface area contributed by atoms with Crippen LogP contribution in [0.5, 0.6) is 5.75 Å². The summed E-state index contributed by atoms with van der Waals surface area (Å²) in [7, 11) is 0. The van der Waals surface area contributed by atoms with E-state index in [0.29, 0.717) is 19.6 Å². The molecule has 1 heterocycles. The molecule has 0 unspecified atom stereocenters. The van der Waals surface area contributed by atoms with Crippen LogP contribution in [0.4, 0.5) is 0 Å². The summed E-state index contributed by atoms with van der Waals surface area (Å²) in [5, 5.41) is 10.2. The van der Waals surface area contributed by atoms with E-state index in [1.807, 2.05) is 71.6 Å². The number of para-hydroxylation sites is 1. The predicted molar refractivity (Wildman–Crippen MR) is 106 cm³/mol. The quantitative estimate of drug-likeness (QED) is 0.764. The average molecular weight is 366 g/mol. The largest absolute Gasteiger partial charge is 0.491 e. The number of piperazine rings is 1. The van der Waals surface area contributed by atoms with Gasteiger partial charge in [-0.05, 0) is 23.8 Å². The van der Waals surface area contributed by atoms with Crippen LogP contribution in [-0.2, 0) is 4.79 Å². The zero-order valence-electron chi connectivity index (χ0n) is 15.4. The highest BCUT2D eigenvalue weighted by Gasteiger charge is 2.21. The maximum Gasteiger partial charge on any atom is 0.246 e. The monoisotopic (exact) mass is 366 g/mol. The van der Waals surface area contributed by atoms with Gasteiger partial charge >= 0.3 is 0 Å². The van der Waals surface area contributed by atoms with Gasteiger partial charge in [-0.15, -0.1) is 0 Å². The first-order valence-corrected chi connectivity index (χ1v) is 9.31. The summed E-state index contributed by atoms with van der Waals surface area (Å²) in [6, 6.07) is 19.3. The van der Waals surface area contributed by atoms with Gasteiger partial charge in [0.15, 0.2) is 0 Å². The van der Waals surface area contributed by atoms with Gasteiger partial charge in [0.25, 0.3) is 0 Å². The Morgan fingerprint density at radius 2 is 1.63 bits per heavy atom. The van der Waals surface area contributed by atoms with Gasteiger partial charge in [0, 0.05) is 38.8 Å². The summed E-state index contributed by atoms with van der Waals surface area (Å²) in [6.45, 7) is 3.67. The summed E-state index contributed by atoms with van der Waals surface area (Å²) in [4.78, 5) is 16.3. The smallest absolute Gasteiger partial charge is 0.246 e. The molecule has 2 aromatic carbocycles. The lowest BCUT2D eigenvalue weighted by Crippen LogP contribution is -2.50. The Bertz CT molecular complexity index is 726. The van der Waals surface area contributed by atoms with Gasteiger partial charge in [-0.25, -0.2) is 0 Å². The topological polar surface area (TPSA) is 53.0 Å². The Kier molecular flexibility index (Phi) is 7.02. The van der Waals surface area contributed by atoms with Crippen molar-refractivity contribution in [1.29, 1.82) is 0 Å². The van der Waals surface area contributed by atoms with E-state index in [2.05, 4.69) is 4.90 Å². The van der Waals surface area contributed by atoms with E-state index in [0.717, 1.165) is 24.4 Å². The molecule has 142 valence electrons. The lowest BCUT2D eigenvalue weighted by atomic mass is 10.2. The molecule has 0 saturated carbocycles. The molecule has 1 aliphatic heterocycles. The fourth-order valence-electron chi connectivity index (χ4n) is 3.05. The van der Waals surface area contributed by atoms with Crippen LogP contribution in [0.3, 0.4) is 0 Å². The predicted octanol–water partition coefficient (Wildman–Crippen LogP) is 2.28. The van der Waals surface area contributed by atoms with Crippen molar-refractivity contribution in [3.8, 4) is 5.75 Å². The second-order valence-corrected chi connectivity index (χ2v) is 6.65. The zero-order valence-corrected chi connectivity index (χ0v) is 15.4. The van der Waals surface area contributed by atoms with Crippen LogP contribution in [0.25, 0.3) is 6.08 Å².